The molecule has 0 fully saturated rings. The van der Waals surface area contributed by atoms with Gasteiger partial charge in [0.25, 0.3) is 0 Å². The standard InChI is InChI=1S/C17H22N4O3S2/c1-20(12-16-19-7-9-25-16)26(23,24)15-3-2-13-5-8-21(11-14(13)10-15)17(22)4-6-18/h2-3,7,9-10H,4-6,8,11-12,18H2,1H3. The molecule has 26 heavy (non-hydrogen) atoms. The van der Waals surface area contributed by atoms with Gasteiger partial charge in [-0.15, -0.1) is 11.3 Å². The Labute approximate surface area is 157 Å². The molecule has 0 bridgehead atoms. The molecule has 140 valence electrons. The molecule has 0 radical (unpaired) electrons. The fourth-order valence-electron chi connectivity index (χ4n) is 2.97. The molecule has 0 unspecified atom stereocenters. The van der Waals surface area contributed by atoms with Crippen LogP contribution in [-0.4, -0.2) is 48.7 Å². The number of rotatable bonds is 6. The summed E-state index contributed by atoms with van der Waals surface area (Å²) in [6.45, 7) is 1.62. The summed E-state index contributed by atoms with van der Waals surface area (Å²) in [6, 6.07) is 5.18. The molecule has 0 saturated heterocycles. The van der Waals surface area contributed by atoms with E-state index in [-0.39, 0.29) is 17.3 Å². The maximum Gasteiger partial charge on any atom is 0.243 e. The number of hydrogen-bond donors (Lipinski definition) is 1. The van der Waals surface area contributed by atoms with E-state index in [9.17, 15) is 13.2 Å². The van der Waals surface area contributed by atoms with Crippen molar-refractivity contribution in [1.29, 1.82) is 0 Å². The van der Waals surface area contributed by atoms with E-state index in [1.807, 2.05) is 11.4 Å². The zero-order valence-corrected chi connectivity index (χ0v) is 16.2. The summed E-state index contributed by atoms with van der Waals surface area (Å²) in [6.07, 6.45) is 2.69. The SMILES string of the molecule is CN(Cc1nccs1)S(=O)(=O)c1ccc2c(c1)CN(C(=O)CCN)CC2. The number of aromatic nitrogens is 1. The van der Waals surface area contributed by atoms with Gasteiger partial charge in [0.2, 0.25) is 15.9 Å². The highest BCUT2D eigenvalue weighted by Gasteiger charge is 2.25. The maximum atomic E-state index is 12.9. The van der Waals surface area contributed by atoms with Gasteiger partial charge in [0, 0.05) is 44.7 Å². The van der Waals surface area contributed by atoms with Gasteiger partial charge in [-0.05, 0) is 29.7 Å². The number of carbonyl (C=O) groups is 1. The zero-order valence-electron chi connectivity index (χ0n) is 14.6. The first kappa shape index (κ1) is 19.0. The molecule has 1 amide bonds. The van der Waals surface area contributed by atoms with Crippen LogP contribution in [0.25, 0.3) is 0 Å². The normalized spacial score (nSPS) is 14.5. The molecular weight excluding hydrogens is 372 g/mol. The summed E-state index contributed by atoms with van der Waals surface area (Å²) in [7, 11) is -2.07. The smallest absolute Gasteiger partial charge is 0.243 e. The minimum atomic E-state index is -3.62. The van der Waals surface area contributed by atoms with Crippen molar-refractivity contribution >= 4 is 27.3 Å². The number of nitrogens with two attached hydrogens (primary N) is 1. The van der Waals surface area contributed by atoms with E-state index in [2.05, 4.69) is 4.98 Å². The Hall–Kier alpha value is -1.81. The van der Waals surface area contributed by atoms with Gasteiger partial charge in [-0.3, -0.25) is 4.79 Å². The van der Waals surface area contributed by atoms with Crippen molar-refractivity contribution in [2.75, 3.05) is 20.1 Å². The van der Waals surface area contributed by atoms with Crippen LogP contribution < -0.4 is 5.73 Å². The van der Waals surface area contributed by atoms with Gasteiger partial charge in [0.05, 0.1) is 11.4 Å². The Morgan fingerprint density at radius 2 is 2.19 bits per heavy atom. The largest absolute Gasteiger partial charge is 0.338 e. The Morgan fingerprint density at radius 3 is 2.88 bits per heavy atom. The predicted octanol–water partition coefficient (Wildman–Crippen LogP) is 1.20. The molecule has 1 aliphatic heterocycles. The van der Waals surface area contributed by atoms with Crippen LogP contribution >= 0.6 is 11.3 Å². The first-order valence-electron chi connectivity index (χ1n) is 8.36. The van der Waals surface area contributed by atoms with E-state index in [1.54, 1.807) is 30.3 Å². The average Bonchev–Trinajstić information content (AvgIpc) is 3.14. The number of hydrogen-bond acceptors (Lipinski definition) is 6. The summed E-state index contributed by atoms with van der Waals surface area (Å²) in [5.74, 6) is 0.00676. The van der Waals surface area contributed by atoms with Gasteiger partial charge in [-0.25, -0.2) is 13.4 Å². The van der Waals surface area contributed by atoms with Gasteiger partial charge in [-0.1, -0.05) is 6.07 Å². The molecule has 2 aromatic rings. The molecule has 2 heterocycles. The number of thiazole rings is 1. The molecule has 1 aromatic heterocycles. The molecular formula is C17H22N4O3S2. The fourth-order valence-corrected chi connectivity index (χ4v) is 4.91. The van der Waals surface area contributed by atoms with Crippen LogP contribution in [-0.2, 0) is 34.3 Å². The lowest BCUT2D eigenvalue weighted by Gasteiger charge is -2.29. The van der Waals surface area contributed by atoms with E-state index < -0.39 is 10.0 Å². The molecule has 0 aliphatic carbocycles. The summed E-state index contributed by atoms with van der Waals surface area (Å²) in [5, 5.41) is 2.56. The molecule has 0 spiro atoms. The van der Waals surface area contributed by atoms with Crippen molar-refractivity contribution in [1.82, 2.24) is 14.2 Å². The first-order chi connectivity index (χ1) is 12.4. The molecule has 1 aliphatic rings. The molecule has 2 N–H and O–H groups in total. The Morgan fingerprint density at radius 1 is 1.38 bits per heavy atom. The third-order valence-electron chi connectivity index (χ3n) is 4.45. The third-order valence-corrected chi connectivity index (χ3v) is 7.01. The lowest BCUT2D eigenvalue weighted by molar-refractivity contribution is -0.131. The second kappa shape index (κ2) is 7.83. The van der Waals surface area contributed by atoms with E-state index in [1.165, 1.54) is 15.6 Å². The van der Waals surface area contributed by atoms with Gasteiger partial charge < -0.3 is 10.6 Å². The van der Waals surface area contributed by atoms with E-state index in [0.717, 1.165) is 22.6 Å². The molecule has 0 saturated carbocycles. The van der Waals surface area contributed by atoms with Crippen molar-refractivity contribution in [2.45, 2.75) is 30.8 Å². The summed E-state index contributed by atoms with van der Waals surface area (Å²) in [5.41, 5.74) is 7.43. The van der Waals surface area contributed by atoms with Gasteiger partial charge >= 0.3 is 0 Å². The molecule has 0 atom stereocenters. The summed E-state index contributed by atoms with van der Waals surface area (Å²) >= 11 is 1.42. The quantitative estimate of drug-likeness (QED) is 0.794. The zero-order chi connectivity index (χ0) is 18.7. The highest BCUT2D eigenvalue weighted by atomic mass is 32.2. The van der Waals surface area contributed by atoms with Gasteiger partial charge in [-0.2, -0.15) is 4.31 Å². The Bertz CT molecular complexity index is 881. The summed E-state index contributed by atoms with van der Waals surface area (Å²) < 4.78 is 27.0. The van der Waals surface area contributed by atoms with Crippen molar-refractivity contribution in [3.8, 4) is 0 Å². The van der Waals surface area contributed by atoms with E-state index in [4.69, 9.17) is 5.73 Å². The number of benzene rings is 1. The topological polar surface area (TPSA) is 96.6 Å². The van der Waals surface area contributed by atoms with Crippen molar-refractivity contribution in [2.24, 2.45) is 5.73 Å². The molecule has 9 heteroatoms. The van der Waals surface area contributed by atoms with Crippen LogP contribution in [0.1, 0.15) is 22.6 Å². The van der Waals surface area contributed by atoms with Crippen molar-refractivity contribution in [3.05, 3.63) is 45.9 Å². The molecule has 3 rings (SSSR count). The van der Waals surface area contributed by atoms with Crippen LogP contribution in [0.4, 0.5) is 0 Å². The van der Waals surface area contributed by atoms with Gasteiger partial charge in [0.1, 0.15) is 5.01 Å². The lowest BCUT2D eigenvalue weighted by Crippen LogP contribution is -2.37. The average molecular weight is 395 g/mol. The van der Waals surface area contributed by atoms with Crippen molar-refractivity contribution in [3.63, 3.8) is 0 Å². The van der Waals surface area contributed by atoms with E-state index >= 15 is 0 Å². The Balaban J connectivity index is 1.81. The minimum absolute atomic E-state index is 0.00676. The number of sulfonamides is 1. The van der Waals surface area contributed by atoms with Crippen LogP contribution in [0.3, 0.4) is 0 Å². The highest BCUT2D eigenvalue weighted by Crippen LogP contribution is 2.25. The number of nitrogens with zero attached hydrogens (tertiary/aromatic N) is 3. The molecule has 7 nitrogen and oxygen atoms in total. The van der Waals surface area contributed by atoms with Crippen LogP contribution in [0.2, 0.25) is 0 Å². The van der Waals surface area contributed by atoms with Crippen LogP contribution in [0.5, 0.6) is 0 Å². The first-order valence-corrected chi connectivity index (χ1v) is 10.7. The lowest BCUT2D eigenvalue weighted by atomic mass is 9.99. The second-order valence-electron chi connectivity index (χ2n) is 6.22. The fraction of sp³-hybridized carbons (Fsp3) is 0.412. The minimum Gasteiger partial charge on any atom is -0.338 e. The van der Waals surface area contributed by atoms with Crippen LogP contribution in [0.15, 0.2) is 34.7 Å². The second-order valence-corrected chi connectivity index (χ2v) is 9.25. The van der Waals surface area contributed by atoms with E-state index in [0.29, 0.717) is 26.1 Å². The predicted molar refractivity (Wildman–Crippen MR) is 100 cm³/mol. The maximum absolute atomic E-state index is 12.9. The monoisotopic (exact) mass is 394 g/mol. The Kier molecular flexibility index (Phi) is 5.71. The highest BCUT2D eigenvalue weighted by molar-refractivity contribution is 7.89. The third kappa shape index (κ3) is 3.96. The molecule has 1 aromatic carbocycles. The van der Waals surface area contributed by atoms with Crippen molar-refractivity contribution < 1.29 is 13.2 Å². The van der Waals surface area contributed by atoms with Crippen LogP contribution in [0, 0.1) is 0 Å². The number of carbonyl (C=O) groups excluding carboxylic acids is 1. The number of fused-ring (bicyclic) bond motifs is 1. The summed E-state index contributed by atoms with van der Waals surface area (Å²) in [4.78, 5) is 18.2. The van der Waals surface area contributed by atoms with Gasteiger partial charge in [0.15, 0.2) is 0 Å². The number of amides is 1.